The molecule has 1 N–H and O–H groups in total. The van der Waals surface area contributed by atoms with Crippen molar-refractivity contribution in [2.24, 2.45) is 5.92 Å². The van der Waals surface area contributed by atoms with E-state index in [1.165, 1.54) is 13.0 Å². The molecule has 2 nitrogen and oxygen atoms in total. The first-order valence-corrected chi connectivity index (χ1v) is 5.77. The lowest BCUT2D eigenvalue weighted by Crippen LogP contribution is -2.50. The van der Waals surface area contributed by atoms with E-state index >= 15 is 0 Å². The summed E-state index contributed by atoms with van der Waals surface area (Å²) < 4.78 is 0. The van der Waals surface area contributed by atoms with E-state index < -0.39 is 0 Å². The van der Waals surface area contributed by atoms with Gasteiger partial charge in [-0.05, 0) is 26.3 Å². The average molecular weight is 217 g/mol. The van der Waals surface area contributed by atoms with E-state index in [4.69, 9.17) is 11.6 Å². The van der Waals surface area contributed by atoms with Gasteiger partial charge in [0.1, 0.15) is 0 Å². The molecule has 0 aromatic rings. The summed E-state index contributed by atoms with van der Waals surface area (Å²) in [6.07, 6.45) is 3.19. The molecule has 0 saturated carbocycles. The number of nitrogens with zero attached hydrogens (tertiary/aromatic N) is 1. The fourth-order valence-electron chi connectivity index (χ4n) is 2.09. The molecule has 1 rings (SSSR count). The van der Waals surface area contributed by atoms with Crippen LogP contribution in [0.1, 0.15) is 20.3 Å². The first kappa shape index (κ1) is 12.0. The number of hydrogen-bond acceptors (Lipinski definition) is 2. The summed E-state index contributed by atoms with van der Waals surface area (Å²) >= 11 is 5.48. The van der Waals surface area contributed by atoms with Crippen LogP contribution in [0.15, 0.2) is 11.6 Å². The van der Waals surface area contributed by atoms with Crippen molar-refractivity contribution in [2.45, 2.75) is 32.4 Å². The Morgan fingerprint density at radius 3 is 2.86 bits per heavy atom. The van der Waals surface area contributed by atoms with E-state index in [1.54, 1.807) is 5.54 Å². The molecule has 0 amide bonds. The van der Waals surface area contributed by atoms with Crippen LogP contribution in [0.3, 0.4) is 0 Å². The Bertz CT molecular complexity index is 194. The normalized spacial score (nSPS) is 35.3. The van der Waals surface area contributed by atoms with Crippen molar-refractivity contribution in [3.05, 3.63) is 11.6 Å². The molecule has 0 radical (unpaired) electrons. The molecular formula is C11H21ClN2. The highest BCUT2D eigenvalue weighted by Gasteiger charge is 2.27. The maximum atomic E-state index is 5.48. The Kier molecular flexibility index (Phi) is 4.93. The molecule has 0 aromatic carbocycles. The predicted molar refractivity (Wildman–Crippen MR) is 62.7 cm³/mol. The van der Waals surface area contributed by atoms with Crippen molar-refractivity contribution in [1.29, 1.82) is 0 Å². The quantitative estimate of drug-likeness (QED) is 0.777. The maximum absolute atomic E-state index is 5.48. The summed E-state index contributed by atoms with van der Waals surface area (Å²) in [5.74, 6) is 0.722. The fourth-order valence-corrected chi connectivity index (χ4v) is 2.18. The van der Waals surface area contributed by atoms with Crippen molar-refractivity contribution in [2.75, 3.05) is 20.1 Å². The summed E-state index contributed by atoms with van der Waals surface area (Å²) in [5.41, 5.74) is 1.58. The van der Waals surface area contributed by atoms with Crippen molar-refractivity contribution in [1.82, 2.24) is 10.2 Å². The van der Waals surface area contributed by atoms with Crippen LogP contribution in [0.5, 0.6) is 0 Å². The Labute approximate surface area is 92.3 Å². The average Bonchev–Trinajstić information content (AvgIpc) is 2.14. The van der Waals surface area contributed by atoms with Crippen LogP contribution in [0, 0.1) is 5.92 Å². The maximum Gasteiger partial charge on any atom is 0.0149 e. The van der Waals surface area contributed by atoms with Crippen LogP contribution in [-0.2, 0) is 0 Å². The van der Waals surface area contributed by atoms with Gasteiger partial charge < -0.3 is 10.2 Å². The fraction of sp³-hybridized carbons (Fsp3) is 0.818. The summed E-state index contributed by atoms with van der Waals surface area (Å²) in [6.45, 7) is 6.67. The molecule has 0 aromatic heterocycles. The monoisotopic (exact) mass is 216 g/mol. The predicted octanol–water partition coefficient (Wildman–Crippen LogP) is 2.06. The van der Waals surface area contributed by atoms with Crippen molar-refractivity contribution in [3.63, 3.8) is 0 Å². The lowest BCUT2D eigenvalue weighted by atomic mass is 9.90. The van der Waals surface area contributed by atoms with Gasteiger partial charge >= 0.3 is 0 Å². The second-order valence-corrected chi connectivity index (χ2v) is 4.63. The van der Waals surface area contributed by atoms with Gasteiger partial charge in [0.15, 0.2) is 0 Å². The summed E-state index contributed by atoms with van der Waals surface area (Å²) in [5, 5.41) is 3.53. The van der Waals surface area contributed by atoms with Gasteiger partial charge in [-0.1, -0.05) is 24.6 Å². The third-order valence-electron chi connectivity index (χ3n) is 3.20. The van der Waals surface area contributed by atoms with E-state index in [0.29, 0.717) is 12.1 Å². The Morgan fingerprint density at radius 1 is 1.50 bits per heavy atom. The second-order valence-electron chi connectivity index (χ2n) is 4.38. The lowest BCUT2D eigenvalue weighted by Gasteiger charge is -2.40. The summed E-state index contributed by atoms with van der Waals surface area (Å²) in [7, 11) is 2.20. The molecule has 82 valence electrons. The molecule has 3 heteroatoms. The zero-order valence-electron chi connectivity index (χ0n) is 9.33. The number of hydrogen-bond donors (Lipinski definition) is 1. The lowest BCUT2D eigenvalue weighted by molar-refractivity contribution is 0.124. The number of piperidine rings is 1. The van der Waals surface area contributed by atoms with Gasteiger partial charge in [0.05, 0.1) is 0 Å². The highest BCUT2D eigenvalue weighted by Crippen LogP contribution is 2.20. The molecule has 0 aliphatic carbocycles. The van der Waals surface area contributed by atoms with Gasteiger partial charge in [-0.3, -0.25) is 0 Å². The zero-order valence-corrected chi connectivity index (χ0v) is 10.1. The number of likely N-dealkylation sites (tertiary alicyclic amines) is 1. The van der Waals surface area contributed by atoms with E-state index in [0.717, 1.165) is 12.5 Å². The second kappa shape index (κ2) is 5.74. The van der Waals surface area contributed by atoms with Crippen molar-refractivity contribution in [3.8, 4) is 0 Å². The largest absolute Gasteiger partial charge is 0.310 e. The first-order chi connectivity index (χ1) is 6.65. The van der Waals surface area contributed by atoms with Crippen molar-refractivity contribution < 1.29 is 0 Å². The minimum Gasteiger partial charge on any atom is -0.310 e. The highest BCUT2D eigenvalue weighted by atomic mass is 35.5. The molecular weight excluding hydrogens is 196 g/mol. The molecule has 1 saturated heterocycles. The number of nitrogens with one attached hydrogen (secondary N) is 1. The third-order valence-corrected chi connectivity index (χ3v) is 3.38. The number of rotatable bonds is 3. The minimum absolute atomic E-state index is 0.633. The molecule has 0 spiro atoms. The molecule has 1 fully saturated rings. The van der Waals surface area contributed by atoms with E-state index in [2.05, 4.69) is 31.1 Å². The van der Waals surface area contributed by atoms with Crippen LogP contribution in [-0.4, -0.2) is 37.1 Å². The zero-order chi connectivity index (χ0) is 10.6. The molecule has 1 heterocycles. The number of halogens is 1. The summed E-state index contributed by atoms with van der Waals surface area (Å²) in [6, 6.07) is 1.32. The van der Waals surface area contributed by atoms with Gasteiger partial charge in [0.2, 0.25) is 0 Å². The Morgan fingerprint density at radius 2 is 2.21 bits per heavy atom. The van der Waals surface area contributed by atoms with Crippen LogP contribution in [0.2, 0.25) is 0 Å². The molecule has 3 atom stereocenters. The standard InChI is InChI=1S/C11H21ClN2/c1-9-8-14(3)10(2)7-11(9)13-6-4-5-12/h4-5,9-11,13H,6-8H2,1-3H3/b5-4+. The van der Waals surface area contributed by atoms with E-state index in [-0.39, 0.29) is 0 Å². The van der Waals surface area contributed by atoms with E-state index in [1.807, 2.05) is 6.08 Å². The van der Waals surface area contributed by atoms with Gasteiger partial charge in [-0.2, -0.15) is 0 Å². The van der Waals surface area contributed by atoms with Crippen LogP contribution in [0.4, 0.5) is 0 Å². The molecule has 3 unspecified atom stereocenters. The van der Waals surface area contributed by atoms with Crippen LogP contribution < -0.4 is 5.32 Å². The van der Waals surface area contributed by atoms with Crippen LogP contribution in [0.25, 0.3) is 0 Å². The minimum atomic E-state index is 0.633. The highest BCUT2D eigenvalue weighted by molar-refractivity contribution is 6.25. The molecule has 14 heavy (non-hydrogen) atoms. The van der Waals surface area contributed by atoms with Gasteiger partial charge in [-0.15, -0.1) is 0 Å². The van der Waals surface area contributed by atoms with Crippen molar-refractivity contribution >= 4 is 11.6 Å². The molecule has 1 aliphatic heterocycles. The topological polar surface area (TPSA) is 15.3 Å². The SMILES string of the molecule is CC1CN(C)C(C)CC1NC/C=C/Cl. The van der Waals surface area contributed by atoms with E-state index in [9.17, 15) is 0 Å². The van der Waals surface area contributed by atoms with Crippen LogP contribution >= 0.6 is 11.6 Å². The Balaban J connectivity index is 2.37. The van der Waals surface area contributed by atoms with Gasteiger partial charge in [0, 0.05) is 30.7 Å². The van der Waals surface area contributed by atoms with Gasteiger partial charge in [-0.25, -0.2) is 0 Å². The van der Waals surface area contributed by atoms with Gasteiger partial charge in [0.25, 0.3) is 0 Å². The molecule has 1 aliphatic rings. The first-order valence-electron chi connectivity index (χ1n) is 5.34. The summed E-state index contributed by atoms with van der Waals surface area (Å²) in [4.78, 5) is 2.43. The Hall–Kier alpha value is -0.0500. The third kappa shape index (κ3) is 3.26. The smallest absolute Gasteiger partial charge is 0.0149 e. The molecule has 0 bridgehead atoms.